The quantitative estimate of drug-likeness (QED) is 0.932. The second kappa shape index (κ2) is 5.77. The Balaban J connectivity index is 1.59. The molecule has 0 bridgehead atoms. The molecule has 1 aliphatic carbocycles. The highest BCUT2D eigenvalue weighted by molar-refractivity contribution is 5.90. The summed E-state index contributed by atoms with van der Waals surface area (Å²) in [4.78, 5) is 15.7. The van der Waals surface area contributed by atoms with Crippen LogP contribution in [0.1, 0.15) is 25.7 Å². The van der Waals surface area contributed by atoms with Crippen molar-refractivity contribution in [2.75, 3.05) is 5.32 Å². The minimum atomic E-state index is -0.230. The fraction of sp³-hybridized carbons (Fsp3) is 0.333. The predicted octanol–water partition coefficient (Wildman–Crippen LogP) is 3.28. The summed E-state index contributed by atoms with van der Waals surface area (Å²) >= 11 is 0. The third-order valence-corrected chi connectivity index (χ3v) is 3.45. The fourth-order valence-corrected chi connectivity index (χ4v) is 2.38. The average Bonchev–Trinajstić information content (AvgIpc) is 3.13. The monoisotopic (exact) mass is 271 g/mol. The van der Waals surface area contributed by atoms with Crippen LogP contribution in [0.2, 0.25) is 0 Å². The van der Waals surface area contributed by atoms with Crippen LogP contribution in [0.15, 0.2) is 43.0 Å². The zero-order valence-electron chi connectivity index (χ0n) is 11.2. The molecule has 1 amide bonds. The van der Waals surface area contributed by atoms with Crippen molar-refractivity contribution >= 4 is 11.7 Å². The topological polar surface area (TPSA) is 56.1 Å². The summed E-state index contributed by atoms with van der Waals surface area (Å²) < 4.78 is 7.27. The largest absolute Gasteiger partial charge is 0.490 e. The van der Waals surface area contributed by atoms with Crippen LogP contribution < -0.4 is 10.1 Å². The number of anilines is 1. The van der Waals surface area contributed by atoms with Crippen LogP contribution >= 0.6 is 0 Å². The number of carbonyl (C=O) groups is 1. The molecule has 0 unspecified atom stereocenters. The van der Waals surface area contributed by atoms with Crippen LogP contribution in [0.4, 0.5) is 10.5 Å². The first-order valence-electron chi connectivity index (χ1n) is 6.87. The maximum atomic E-state index is 11.8. The van der Waals surface area contributed by atoms with Gasteiger partial charge in [0.05, 0.1) is 6.10 Å². The van der Waals surface area contributed by atoms with Gasteiger partial charge >= 0.3 is 6.03 Å². The normalized spacial score (nSPS) is 15.2. The second-order valence-electron chi connectivity index (χ2n) is 4.95. The molecule has 1 heterocycles. The highest BCUT2D eigenvalue weighted by Gasteiger charge is 2.16. The molecule has 0 radical (unpaired) electrons. The number of nitrogens with one attached hydrogen (secondary N) is 1. The van der Waals surface area contributed by atoms with Crippen molar-refractivity contribution in [2.24, 2.45) is 0 Å². The van der Waals surface area contributed by atoms with Crippen LogP contribution in [0.25, 0.3) is 0 Å². The molecule has 5 heteroatoms. The van der Waals surface area contributed by atoms with Crippen LogP contribution in [0.3, 0.4) is 0 Å². The molecule has 0 saturated heterocycles. The number of nitrogens with zero attached hydrogens (tertiary/aromatic N) is 2. The lowest BCUT2D eigenvalue weighted by molar-refractivity contribution is 0.210. The first-order valence-corrected chi connectivity index (χ1v) is 6.87. The molecule has 1 aromatic heterocycles. The molecule has 0 aliphatic heterocycles. The lowest BCUT2D eigenvalue weighted by Gasteiger charge is -2.13. The Morgan fingerprint density at radius 1 is 1.25 bits per heavy atom. The van der Waals surface area contributed by atoms with Gasteiger partial charge < -0.3 is 10.1 Å². The Morgan fingerprint density at radius 3 is 2.65 bits per heavy atom. The summed E-state index contributed by atoms with van der Waals surface area (Å²) in [5.41, 5.74) is 0.738. The molecule has 104 valence electrons. The molecule has 1 saturated carbocycles. The standard InChI is InChI=1S/C15H17N3O2/c19-15(18-10-9-16-11-18)17-12-5-7-14(8-6-12)20-13-3-1-2-4-13/h5-11,13H,1-4H2,(H,17,19). The van der Waals surface area contributed by atoms with E-state index in [2.05, 4.69) is 10.3 Å². The Morgan fingerprint density at radius 2 is 2.00 bits per heavy atom. The molecule has 3 rings (SSSR count). The van der Waals surface area contributed by atoms with Gasteiger partial charge in [-0.15, -0.1) is 0 Å². The van der Waals surface area contributed by atoms with Gasteiger partial charge in [-0.25, -0.2) is 9.78 Å². The van der Waals surface area contributed by atoms with Crippen molar-refractivity contribution in [1.29, 1.82) is 0 Å². The van der Waals surface area contributed by atoms with Crippen molar-refractivity contribution in [3.8, 4) is 5.75 Å². The summed E-state index contributed by atoms with van der Waals surface area (Å²) in [5, 5.41) is 2.79. The SMILES string of the molecule is O=C(Nc1ccc(OC2CCCC2)cc1)n1ccnc1. The third kappa shape index (κ3) is 2.99. The van der Waals surface area contributed by atoms with Crippen molar-refractivity contribution in [3.05, 3.63) is 43.0 Å². The van der Waals surface area contributed by atoms with E-state index in [-0.39, 0.29) is 6.03 Å². The van der Waals surface area contributed by atoms with Gasteiger partial charge in [0, 0.05) is 18.1 Å². The number of ether oxygens (including phenoxy) is 1. The maximum Gasteiger partial charge on any atom is 0.331 e. The lowest BCUT2D eigenvalue weighted by Crippen LogP contribution is -2.17. The lowest BCUT2D eigenvalue weighted by atomic mass is 10.3. The Hall–Kier alpha value is -2.30. The second-order valence-corrected chi connectivity index (χ2v) is 4.95. The first-order chi connectivity index (χ1) is 9.81. The van der Waals surface area contributed by atoms with E-state index < -0.39 is 0 Å². The van der Waals surface area contributed by atoms with Crippen LogP contribution in [-0.4, -0.2) is 21.7 Å². The predicted molar refractivity (Wildman–Crippen MR) is 76.0 cm³/mol. The summed E-state index contributed by atoms with van der Waals surface area (Å²) in [6.45, 7) is 0. The number of hydrogen-bond acceptors (Lipinski definition) is 3. The molecule has 0 spiro atoms. The highest BCUT2D eigenvalue weighted by Crippen LogP contribution is 2.24. The Kier molecular flexibility index (Phi) is 3.67. The molecule has 1 N–H and O–H groups in total. The van der Waals surface area contributed by atoms with Crippen molar-refractivity contribution in [1.82, 2.24) is 9.55 Å². The summed E-state index contributed by atoms with van der Waals surface area (Å²) in [6.07, 6.45) is 9.77. The number of benzene rings is 1. The Bertz CT molecular complexity index is 557. The highest BCUT2D eigenvalue weighted by atomic mass is 16.5. The number of amides is 1. The zero-order chi connectivity index (χ0) is 13.8. The summed E-state index contributed by atoms with van der Waals surface area (Å²) in [6, 6.07) is 7.24. The molecule has 20 heavy (non-hydrogen) atoms. The fourth-order valence-electron chi connectivity index (χ4n) is 2.38. The molecule has 1 aliphatic rings. The Labute approximate surface area is 117 Å². The average molecular weight is 271 g/mol. The van der Waals surface area contributed by atoms with E-state index in [1.54, 1.807) is 12.4 Å². The maximum absolute atomic E-state index is 11.8. The molecule has 5 nitrogen and oxygen atoms in total. The van der Waals surface area contributed by atoms with Crippen molar-refractivity contribution < 1.29 is 9.53 Å². The van der Waals surface area contributed by atoms with Gasteiger partial charge in [0.15, 0.2) is 0 Å². The van der Waals surface area contributed by atoms with Crippen molar-refractivity contribution in [3.63, 3.8) is 0 Å². The third-order valence-electron chi connectivity index (χ3n) is 3.45. The van der Waals surface area contributed by atoms with Gasteiger partial charge in [-0.3, -0.25) is 4.57 Å². The van der Waals surface area contributed by atoms with E-state index in [1.807, 2.05) is 24.3 Å². The van der Waals surface area contributed by atoms with E-state index >= 15 is 0 Å². The number of aromatic nitrogens is 2. The van der Waals surface area contributed by atoms with E-state index in [4.69, 9.17) is 4.74 Å². The van der Waals surface area contributed by atoms with Crippen LogP contribution in [0.5, 0.6) is 5.75 Å². The summed E-state index contributed by atoms with van der Waals surface area (Å²) in [5.74, 6) is 0.859. The molecule has 0 atom stereocenters. The van der Waals surface area contributed by atoms with Gasteiger partial charge in [-0.05, 0) is 49.9 Å². The van der Waals surface area contributed by atoms with E-state index in [0.29, 0.717) is 6.10 Å². The molecular weight excluding hydrogens is 254 g/mol. The van der Waals surface area contributed by atoms with E-state index in [9.17, 15) is 4.79 Å². The van der Waals surface area contributed by atoms with Gasteiger partial charge in [-0.2, -0.15) is 0 Å². The first kappa shape index (κ1) is 12.7. The van der Waals surface area contributed by atoms with Crippen molar-refractivity contribution in [2.45, 2.75) is 31.8 Å². The van der Waals surface area contributed by atoms with E-state index in [1.165, 1.54) is 23.7 Å². The number of carbonyl (C=O) groups excluding carboxylic acids is 1. The van der Waals surface area contributed by atoms with Gasteiger partial charge in [0.1, 0.15) is 12.1 Å². The van der Waals surface area contributed by atoms with Gasteiger partial charge in [-0.1, -0.05) is 0 Å². The summed E-state index contributed by atoms with van der Waals surface area (Å²) in [7, 11) is 0. The number of imidazole rings is 1. The van der Waals surface area contributed by atoms with Gasteiger partial charge in [0.2, 0.25) is 0 Å². The molecule has 1 aromatic carbocycles. The minimum Gasteiger partial charge on any atom is -0.490 e. The number of hydrogen-bond donors (Lipinski definition) is 1. The molecule has 2 aromatic rings. The number of rotatable bonds is 3. The molecule has 1 fully saturated rings. The van der Waals surface area contributed by atoms with Crippen LogP contribution in [-0.2, 0) is 0 Å². The minimum absolute atomic E-state index is 0.230. The van der Waals surface area contributed by atoms with Crippen LogP contribution in [0, 0.1) is 0 Å². The smallest absolute Gasteiger partial charge is 0.331 e. The zero-order valence-corrected chi connectivity index (χ0v) is 11.2. The van der Waals surface area contributed by atoms with E-state index in [0.717, 1.165) is 24.3 Å². The molecular formula is C15H17N3O2. The van der Waals surface area contributed by atoms with Gasteiger partial charge in [0.25, 0.3) is 0 Å².